The minimum absolute atomic E-state index is 0.0667. The van der Waals surface area contributed by atoms with Crippen molar-refractivity contribution in [3.05, 3.63) is 35.9 Å². The van der Waals surface area contributed by atoms with Crippen molar-refractivity contribution in [2.24, 2.45) is 5.92 Å². The molecule has 1 saturated heterocycles. The van der Waals surface area contributed by atoms with Crippen LogP contribution in [0, 0.1) is 5.92 Å². The number of rotatable bonds is 13. The Morgan fingerprint density at radius 2 is 1.66 bits per heavy atom. The van der Waals surface area contributed by atoms with E-state index in [0.717, 1.165) is 5.56 Å². The lowest BCUT2D eigenvalue weighted by Crippen LogP contribution is -2.58. The lowest BCUT2D eigenvalue weighted by atomic mass is 10.0. The van der Waals surface area contributed by atoms with Crippen molar-refractivity contribution in [2.45, 2.75) is 64.8 Å². The van der Waals surface area contributed by atoms with Gasteiger partial charge in [-0.25, -0.2) is 9.80 Å². The van der Waals surface area contributed by atoms with E-state index in [-0.39, 0.29) is 24.9 Å². The van der Waals surface area contributed by atoms with Crippen LogP contribution in [0.3, 0.4) is 0 Å². The Labute approximate surface area is 220 Å². The van der Waals surface area contributed by atoms with E-state index in [4.69, 9.17) is 14.6 Å². The molecule has 38 heavy (non-hydrogen) atoms. The lowest BCUT2D eigenvalue weighted by molar-refractivity contribution is -0.151. The molecule has 13 heteroatoms. The molecular formula is C25H34N4O9. The first-order valence-electron chi connectivity index (χ1n) is 12.2. The fourth-order valence-corrected chi connectivity index (χ4v) is 3.45. The first kappa shape index (κ1) is 30.2. The molecule has 0 spiro atoms. The number of carbonyl (C=O) groups is 6. The van der Waals surface area contributed by atoms with Gasteiger partial charge in [0, 0.05) is 6.42 Å². The molecule has 1 fully saturated rings. The molecule has 1 aromatic rings. The van der Waals surface area contributed by atoms with E-state index in [1.54, 1.807) is 20.8 Å². The number of hydrogen-bond donors (Lipinski definition) is 4. The molecule has 2 rings (SSSR count). The molecule has 208 valence electrons. The van der Waals surface area contributed by atoms with Gasteiger partial charge in [0.15, 0.2) is 12.2 Å². The summed E-state index contributed by atoms with van der Waals surface area (Å²) in [4.78, 5) is 73.5. The molecule has 0 aromatic heterocycles. The van der Waals surface area contributed by atoms with Crippen LogP contribution in [0.2, 0.25) is 0 Å². The van der Waals surface area contributed by atoms with Crippen molar-refractivity contribution >= 4 is 35.6 Å². The second kappa shape index (κ2) is 14.1. The average molecular weight is 535 g/mol. The van der Waals surface area contributed by atoms with Gasteiger partial charge >= 0.3 is 11.9 Å². The highest BCUT2D eigenvalue weighted by molar-refractivity contribution is 5.96. The van der Waals surface area contributed by atoms with Gasteiger partial charge in [0.25, 0.3) is 11.8 Å². The van der Waals surface area contributed by atoms with Crippen LogP contribution in [-0.2, 0) is 44.7 Å². The highest BCUT2D eigenvalue weighted by Crippen LogP contribution is 2.25. The van der Waals surface area contributed by atoms with Gasteiger partial charge in [-0.1, -0.05) is 44.2 Å². The summed E-state index contributed by atoms with van der Waals surface area (Å²) in [7, 11) is 0. The van der Waals surface area contributed by atoms with Gasteiger partial charge in [-0.15, -0.1) is 0 Å². The summed E-state index contributed by atoms with van der Waals surface area (Å²) in [5.74, 6) is -5.32. The Morgan fingerprint density at radius 1 is 1.00 bits per heavy atom. The second-order valence-corrected chi connectivity index (χ2v) is 9.03. The SMILES string of the molecule is CCOC(=O)[C@@H]1O[C@H]1C(=O)N(CC(=O)O)NC(=O)[C@H](C)NC(=O)[C@@H](NC(=O)CCc1ccccc1)C(C)C. The molecule has 1 aliphatic rings. The number of esters is 1. The minimum Gasteiger partial charge on any atom is -0.480 e. The molecular weight excluding hydrogens is 500 g/mol. The van der Waals surface area contributed by atoms with Gasteiger partial charge < -0.3 is 25.2 Å². The first-order valence-corrected chi connectivity index (χ1v) is 12.2. The normalized spacial score (nSPS) is 17.5. The van der Waals surface area contributed by atoms with E-state index < -0.39 is 60.5 Å². The Bertz CT molecular complexity index is 1030. The second-order valence-electron chi connectivity index (χ2n) is 9.03. The predicted molar refractivity (Wildman–Crippen MR) is 132 cm³/mol. The van der Waals surface area contributed by atoms with Crippen LogP contribution in [0.15, 0.2) is 30.3 Å². The standard InChI is InChI=1S/C25H34N4O9/c1-5-37-25(36)21-20(38-21)24(35)29(13-18(31)32)28-22(33)15(4)26-23(34)19(14(2)3)27-17(30)12-11-16-9-7-6-8-10-16/h6-10,14-15,19-21H,5,11-13H2,1-4H3,(H,26,34)(H,27,30)(H,28,33)(H,31,32)/t15-,19-,20+,21+/m0/s1. The monoisotopic (exact) mass is 534 g/mol. The van der Waals surface area contributed by atoms with Crippen LogP contribution in [0.4, 0.5) is 0 Å². The molecule has 1 aromatic carbocycles. The summed E-state index contributed by atoms with van der Waals surface area (Å²) in [6.45, 7) is 5.53. The number of amides is 4. The summed E-state index contributed by atoms with van der Waals surface area (Å²) < 4.78 is 9.75. The van der Waals surface area contributed by atoms with E-state index in [1.807, 2.05) is 30.3 Å². The fraction of sp³-hybridized carbons (Fsp3) is 0.520. The summed E-state index contributed by atoms with van der Waals surface area (Å²) >= 11 is 0. The van der Waals surface area contributed by atoms with Crippen LogP contribution >= 0.6 is 0 Å². The highest BCUT2D eigenvalue weighted by Gasteiger charge is 2.53. The number of hydrogen-bond acceptors (Lipinski definition) is 8. The number of nitrogens with one attached hydrogen (secondary N) is 3. The van der Waals surface area contributed by atoms with Gasteiger partial charge in [-0.2, -0.15) is 0 Å². The number of carbonyl (C=O) groups excluding carboxylic acids is 5. The van der Waals surface area contributed by atoms with Crippen molar-refractivity contribution in [3.8, 4) is 0 Å². The summed E-state index contributed by atoms with van der Waals surface area (Å²) in [6.07, 6.45) is -1.83. The zero-order valence-corrected chi connectivity index (χ0v) is 21.8. The zero-order valence-electron chi connectivity index (χ0n) is 21.8. The van der Waals surface area contributed by atoms with Gasteiger partial charge in [0.2, 0.25) is 11.8 Å². The number of aliphatic carboxylic acids is 1. The van der Waals surface area contributed by atoms with Gasteiger partial charge in [-0.05, 0) is 31.7 Å². The van der Waals surface area contributed by atoms with Crippen LogP contribution in [0.5, 0.6) is 0 Å². The molecule has 0 bridgehead atoms. The third-order valence-corrected chi connectivity index (χ3v) is 5.56. The van der Waals surface area contributed by atoms with Crippen LogP contribution in [-0.4, -0.2) is 83.1 Å². The summed E-state index contributed by atoms with van der Waals surface area (Å²) in [5.41, 5.74) is 3.12. The lowest BCUT2D eigenvalue weighted by Gasteiger charge is -2.26. The molecule has 1 heterocycles. The van der Waals surface area contributed by atoms with Gasteiger partial charge in [0.1, 0.15) is 18.6 Å². The van der Waals surface area contributed by atoms with Crippen LogP contribution in [0.1, 0.15) is 39.7 Å². The van der Waals surface area contributed by atoms with Crippen molar-refractivity contribution in [2.75, 3.05) is 13.2 Å². The average Bonchev–Trinajstić information content (AvgIpc) is 3.66. The Balaban J connectivity index is 1.94. The molecule has 4 N–H and O–H groups in total. The predicted octanol–water partition coefficient (Wildman–Crippen LogP) is -0.460. The fourth-order valence-electron chi connectivity index (χ4n) is 3.45. The molecule has 4 atom stereocenters. The first-order chi connectivity index (χ1) is 17.9. The summed E-state index contributed by atoms with van der Waals surface area (Å²) in [6, 6.07) is 7.26. The van der Waals surface area contributed by atoms with Crippen molar-refractivity contribution in [3.63, 3.8) is 0 Å². The number of epoxide rings is 1. The number of hydrazine groups is 1. The summed E-state index contributed by atoms with van der Waals surface area (Å²) in [5, 5.41) is 14.8. The van der Waals surface area contributed by atoms with Crippen molar-refractivity contribution in [1.82, 2.24) is 21.1 Å². The highest BCUT2D eigenvalue weighted by atomic mass is 16.6. The number of ether oxygens (including phenoxy) is 2. The quantitative estimate of drug-likeness (QED) is 0.148. The number of benzene rings is 1. The third-order valence-electron chi connectivity index (χ3n) is 5.56. The van der Waals surface area contributed by atoms with Crippen molar-refractivity contribution in [1.29, 1.82) is 0 Å². The molecule has 0 radical (unpaired) electrons. The molecule has 0 saturated carbocycles. The van der Waals surface area contributed by atoms with E-state index in [9.17, 15) is 28.8 Å². The number of aryl methyl sites for hydroxylation is 1. The maximum atomic E-state index is 12.9. The number of carboxylic acids is 1. The van der Waals surface area contributed by atoms with E-state index >= 15 is 0 Å². The Morgan fingerprint density at radius 3 is 2.24 bits per heavy atom. The third kappa shape index (κ3) is 9.14. The maximum absolute atomic E-state index is 12.9. The Kier molecular flexibility index (Phi) is 11.2. The number of nitrogens with zero attached hydrogens (tertiary/aromatic N) is 1. The van der Waals surface area contributed by atoms with Gasteiger partial charge in [-0.3, -0.25) is 29.4 Å². The van der Waals surface area contributed by atoms with Crippen LogP contribution in [0.25, 0.3) is 0 Å². The van der Waals surface area contributed by atoms with E-state index in [2.05, 4.69) is 16.1 Å². The number of carboxylic acid groups (broad SMARTS) is 1. The maximum Gasteiger partial charge on any atom is 0.338 e. The van der Waals surface area contributed by atoms with Gasteiger partial charge in [0.05, 0.1) is 6.61 Å². The van der Waals surface area contributed by atoms with Crippen molar-refractivity contribution < 1.29 is 43.3 Å². The van der Waals surface area contributed by atoms with Crippen LogP contribution < -0.4 is 16.1 Å². The van der Waals surface area contributed by atoms with E-state index in [1.165, 1.54) is 6.92 Å². The molecule has 0 unspecified atom stereocenters. The molecule has 4 amide bonds. The Hall–Kier alpha value is -4.00. The molecule has 0 aliphatic carbocycles. The zero-order chi connectivity index (χ0) is 28.4. The smallest absolute Gasteiger partial charge is 0.338 e. The molecule has 1 aliphatic heterocycles. The van der Waals surface area contributed by atoms with E-state index in [0.29, 0.717) is 11.4 Å². The largest absolute Gasteiger partial charge is 0.480 e. The molecule has 13 nitrogen and oxygen atoms in total. The minimum atomic E-state index is -1.43. The topological polar surface area (TPSA) is 184 Å².